The molecule has 1 aromatic heterocycles. The number of pyridine rings is 1. The molecule has 1 unspecified atom stereocenters. The molecule has 1 saturated heterocycles. The zero-order valence-corrected chi connectivity index (χ0v) is 17.2. The van der Waals surface area contributed by atoms with Gasteiger partial charge < -0.3 is 10.0 Å². The van der Waals surface area contributed by atoms with E-state index >= 15 is 0 Å². The van der Waals surface area contributed by atoms with Gasteiger partial charge in [0.2, 0.25) is 10.0 Å². The van der Waals surface area contributed by atoms with Crippen LogP contribution in [0.1, 0.15) is 11.1 Å². The molecular formula is C18H19ClN4O3S2. The van der Waals surface area contributed by atoms with Crippen molar-refractivity contribution in [1.82, 2.24) is 9.88 Å². The van der Waals surface area contributed by atoms with E-state index in [-0.39, 0.29) is 15.7 Å². The highest BCUT2D eigenvalue weighted by molar-refractivity contribution is 8.14. The van der Waals surface area contributed by atoms with Crippen LogP contribution in [-0.4, -0.2) is 40.9 Å². The Morgan fingerprint density at radius 2 is 2.25 bits per heavy atom. The Balaban J connectivity index is 1.97. The lowest BCUT2D eigenvalue weighted by molar-refractivity contribution is -0.0425. The first-order valence-corrected chi connectivity index (χ1v) is 11.2. The molecule has 0 spiro atoms. The Hall–Kier alpha value is -1.91. The maximum absolute atomic E-state index is 11.8. The molecule has 10 heteroatoms. The molecule has 1 atom stereocenters. The van der Waals surface area contributed by atoms with Crippen LogP contribution >= 0.6 is 23.4 Å². The van der Waals surface area contributed by atoms with Crippen molar-refractivity contribution in [2.24, 2.45) is 10.1 Å². The average Bonchev–Trinajstić information content (AvgIpc) is 2.98. The Labute approximate surface area is 173 Å². The molecule has 0 bridgehead atoms. The second kappa shape index (κ2) is 8.22. The summed E-state index contributed by atoms with van der Waals surface area (Å²) in [6.45, 7) is 4.47. The molecule has 1 aliphatic heterocycles. The molecule has 28 heavy (non-hydrogen) atoms. The van der Waals surface area contributed by atoms with Gasteiger partial charge >= 0.3 is 0 Å². The molecule has 3 rings (SSSR count). The molecule has 0 amide bonds. The van der Waals surface area contributed by atoms with E-state index in [9.17, 15) is 13.5 Å². The second-order valence-corrected chi connectivity index (χ2v) is 9.03. The van der Waals surface area contributed by atoms with E-state index in [2.05, 4.69) is 16.6 Å². The minimum Gasteiger partial charge on any atom is -0.366 e. The van der Waals surface area contributed by atoms with Crippen molar-refractivity contribution in [3.8, 4) is 0 Å². The summed E-state index contributed by atoms with van der Waals surface area (Å²) in [6.07, 6.45) is 5.06. The first-order valence-electron chi connectivity index (χ1n) is 8.25. The van der Waals surface area contributed by atoms with Gasteiger partial charge in [0.15, 0.2) is 10.9 Å². The van der Waals surface area contributed by atoms with Crippen LogP contribution in [0.25, 0.3) is 0 Å². The van der Waals surface area contributed by atoms with Gasteiger partial charge in [0.1, 0.15) is 4.90 Å². The Kier molecular flexibility index (Phi) is 6.11. The number of amidine groups is 1. The zero-order chi connectivity index (χ0) is 20.4. The van der Waals surface area contributed by atoms with Gasteiger partial charge in [-0.25, -0.2) is 13.6 Å². The van der Waals surface area contributed by atoms with E-state index in [1.54, 1.807) is 29.4 Å². The van der Waals surface area contributed by atoms with Crippen LogP contribution in [0.4, 0.5) is 0 Å². The number of sulfonamides is 1. The highest BCUT2D eigenvalue weighted by Gasteiger charge is 2.44. The van der Waals surface area contributed by atoms with Gasteiger partial charge in [-0.05, 0) is 23.8 Å². The Morgan fingerprint density at radius 3 is 2.89 bits per heavy atom. The predicted octanol–water partition coefficient (Wildman–Crippen LogP) is 2.32. The molecule has 7 nitrogen and oxygen atoms in total. The normalized spacial score (nSPS) is 21.2. The molecule has 0 saturated carbocycles. The maximum atomic E-state index is 11.8. The molecule has 1 aliphatic rings. The number of aliphatic hydroxyl groups is 1. The van der Waals surface area contributed by atoms with E-state index in [0.29, 0.717) is 23.8 Å². The van der Waals surface area contributed by atoms with Gasteiger partial charge in [-0.3, -0.25) is 9.98 Å². The second-order valence-electron chi connectivity index (χ2n) is 6.15. The number of aliphatic imine (C=N–C) groups is 1. The molecule has 1 aromatic carbocycles. The highest BCUT2D eigenvalue weighted by Crippen LogP contribution is 2.40. The number of hydrogen-bond donors (Lipinski definition) is 2. The SMILES string of the molecule is C=CCN1C(=NCc2cccnc2)SCC1(O)c1ccc(Cl)c(S(N)(=O)=O)c1. The van der Waals surface area contributed by atoms with E-state index in [1.807, 2.05) is 12.1 Å². The van der Waals surface area contributed by atoms with Crippen molar-refractivity contribution < 1.29 is 13.5 Å². The fourth-order valence-electron chi connectivity index (χ4n) is 2.83. The Bertz CT molecular complexity index is 1010. The van der Waals surface area contributed by atoms with Crippen molar-refractivity contribution in [1.29, 1.82) is 0 Å². The standard InChI is InChI=1S/C18H19ClN4O3S2/c1-2-8-23-17(22-11-13-4-3-7-21-10-13)27-12-18(23,24)14-5-6-15(19)16(9-14)28(20,25)26/h2-7,9-10,24H,1,8,11-12H2,(H2,20,25,26). The van der Waals surface area contributed by atoms with Crippen LogP contribution in [0.3, 0.4) is 0 Å². The smallest absolute Gasteiger partial charge is 0.239 e. The van der Waals surface area contributed by atoms with Crippen molar-refractivity contribution in [3.05, 3.63) is 71.5 Å². The summed E-state index contributed by atoms with van der Waals surface area (Å²) in [5.41, 5.74) is -0.175. The number of rotatable bonds is 6. The van der Waals surface area contributed by atoms with Crippen LogP contribution in [-0.2, 0) is 22.3 Å². The lowest BCUT2D eigenvalue weighted by Gasteiger charge is -2.34. The van der Waals surface area contributed by atoms with Crippen LogP contribution in [0, 0.1) is 0 Å². The Morgan fingerprint density at radius 1 is 1.46 bits per heavy atom. The molecule has 2 aromatic rings. The molecule has 0 aliphatic carbocycles. The van der Waals surface area contributed by atoms with E-state index in [1.165, 1.54) is 23.9 Å². The van der Waals surface area contributed by atoms with E-state index in [0.717, 1.165) is 5.56 Å². The molecular weight excluding hydrogens is 420 g/mol. The number of thioether (sulfide) groups is 1. The number of benzene rings is 1. The highest BCUT2D eigenvalue weighted by atomic mass is 35.5. The van der Waals surface area contributed by atoms with Crippen molar-refractivity contribution in [2.75, 3.05) is 12.3 Å². The third kappa shape index (κ3) is 4.23. The molecule has 2 heterocycles. The van der Waals surface area contributed by atoms with Gasteiger partial charge in [0.05, 0.1) is 17.3 Å². The minimum absolute atomic E-state index is 0.00115. The monoisotopic (exact) mass is 438 g/mol. The van der Waals surface area contributed by atoms with Crippen LogP contribution in [0.5, 0.6) is 0 Å². The quantitative estimate of drug-likeness (QED) is 0.670. The first kappa shape index (κ1) is 20.8. The van der Waals surface area contributed by atoms with Crippen LogP contribution in [0.2, 0.25) is 5.02 Å². The maximum Gasteiger partial charge on any atom is 0.239 e. The summed E-state index contributed by atoms with van der Waals surface area (Å²) in [5, 5.41) is 17.3. The molecule has 1 fully saturated rings. The van der Waals surface area contributed by atoms with Gasteiger partial charge in [-0.1, -0.05) is 41.6 Å². The lowest BCUT2D eigenvalue weighted by atomic mass is 10.0. The first-order chi connectivity index (χ1) is 13.3. The summed E-state index contributed by atoms with van der Waals surface area (Å²) >= 11 is 7.34. The summed E-state index contributed by atoms with van der Waals surface area (Å²) in [6, 6.07) is 8.04. The summed E-state index contributed by atoms with van der Waals surface area (Å²) in [5.74, 6) is 0.262. The van der Waals surface area contributed by atoms with Crippen LogP contribution < -0.4 is 5.14 Å². The lowest BCUT2D eigenvalue weighted by Crippen LogP contribution is -2.45. The van der Waals surface area contributed by atoms with Gasteiger partial charge in [0, 0.05) is 24.5 Å². The molecule has 3 N–H and O–H groups in total. The largest absolute Gasteiger partial charge is 0.366 e. The van der Waals surface area contributed by atoms with Gasteiger partial charge in [0.25, 0.3) is 0 Å². The predicted molar refractivity (Wildman–Crippen MR) is 111 cm³/mol. The summed E-state index contributed by atoms with van der Waals surface area (Å²) < 4.78 is 23.6. The minimum atomic E-state index is -4.03. The number of hydrogen-bond acceptors (Lipinski definition) is 6. The number of aromatic nitrogens is 1. The van der Waals surface area contributed by atoms with Gasteiger partial charge in [-0.15, -0.1) is 6.58 Å². The van der Waals surface area contributed by atoms with Crippen molar-refractivity contribution >= 4 is 38.6 Å². The fraction of sp³-hybridized carbons (Fsp3) is 0.222. The summed E-state index contributed by atoms with van der Waals surface area (Å²) in [7, 11) is -4.03. The van der Waals surface area contributed by atoms with Gasteiger partial charge in [-0.2, -0.15) is 0 Å². The number of halogens is 1. The van der Waals surface area contributed by atoms with Crippen molar-refractivity contribution in [3.63, 3.8) is 0 Å². The number of nitrogens with two attached hydrogens (primary N) is 1. The third-order valence-corrected chi connectivity index (χ3v) is 6.76. The van der Waals surface area contributed by atoms with E-state index < -0.39 is 15.7 Å². The van der Waals surface area contributed by atoms with Crippen LogP contribution in [0.15, 0.2) is 65.3 Å². The third-order valence-electron chi connectivity index (χ3n) is 4.21. The molecule has 148 valence electrons. The fourth-order valence-corrected chi connectivity index (χ4v) is 5.09. The average molecular weight is 439 g/mol. The summed E-state index contributed by atoms with van der Waals surface area (Å²) in [4.78, 5) is 10.1. The number of nitrogens with zero attached hydrogens (tertiary/aromatic N) is 3. The zero-order valence-electron chi connectivity index (χ0n) is 14.8. The molecule has 0 radical (unpaired) electrons. The topological polar surface area (TPSA) is 109 Å². The van der Waals surface area contributed by atoms with E-state index in [4.69, 9.17) is 16.7 Å². The van der Waals surface area contributed by atoms with Crippen molar-refractivity contribution in [2.45, 2.75) is 17.2 Å². The number of primary sulfonamides is 1.